The molecule has 0 bridgehead atoms. The fourth-order valence-corrected chi connectivity index (χ4v) is 2.22. The lowest BCUT2D eigenvalue weighted by molar-refractivity contribution is 0.0939. The summed E-state index contributed by atoms with van der Waals surface area (Å²) in [5.74, 6) is -0.0941. The van der Waals surface area contributed by atoms with E-state index < -0.39 is 0 Å². The van der Waals surface area contributed by atoms with Crippen molar-refractivity contribution in [2.24, 2.45) is 5.73 Å². The molecule has 0 aromatic carbocycles. The van der Waals surface area contributed by atoms with Gasteiger partial charge in [-0.15, -0.1) is 5.10 Å². The van der Waals surface area contributed by atoms with Gasteiger partial charge in [-0.25, -0.2) is 0 Å². The van der Waals surface area contributed by atoms with Gasteiger partial charge in [0.1, 0.15) is 4.88 Å². The summed E-state index contributed by atoms with van der Waals surface area (Å²) in [6, 6.07) is 0.0502. The molecule has 1 unspecified atom stereocenters. The molecule has 1 rings (SSSR count). The molecule has 0 radical (unpaired) electrons. The molecular weight excluding hydrogens is 236 g/mol. The van der Waals surface area contributed by atoms with E-state index >= 15 is 0 Å². The molecule has 0 aliphatic heterocycles. The van der Waals surface area contributed by atoms with Gasteiger partial charge < -0.3 is 11.1 Å². The van der Waals surface area contributed by atoms with E-state index in [0.717, 1.165) is 42.9 Å². The van der Waals surface area contributed by atoms with E-state index in [2.05, 4.69) is 21.8 Å². The van der Waals surface area contributed by atoms with E-state index in [0.29, 0.717) is 11.4 Å². The van der Waals surface area contributed by atoms with Crippen LogP contribution in [0.1, 0.15) is 48.5 Å². The highest BCUT2D eigenvalue weighted by Crippen LogP contribution is 2.11. The second-order valence-corrected chi connectivity index (χ2v) is 4.70. The maximum Gasteiger partial charge on any atom is 0.265 e. The summed E-state index contributed by atoms with van der Waals surface area (Å²) in [5.41, 5.74) is 6.41. The summed E-state index contributed by atoms with van der Waals surface area (Å²) in [4.78, 5) is 12.6. The third-order valence-electron chi connectivity index (χ3n) is 2.62. The first-order valence-electron chi connectivity index (χ1n) is 6.05. The Balaban J connectivity index is 2.58. The van der Waals surface area contributed by atoms with Crippen LogP contribution in [0.3, 0.4) is 0 Å². The second-order valence-electron chi connectivity index (χ2n) is 3.95. The van der Waals surface area contributed by atoms with E-state index in [1.807, 2.05) is 6.92 Å². The van der Waals surface area contributed by atoms with Crippen molar-refractivity contribution >= 4 is 17.4 Å². The van der Waals surface area contributed by atoms with Gasteiger partial charge in [-0.2, -0.15) is 0 Å². The predicted molar refractivity (Wildman–Crippen MR) is 69.1 cm³/mol. The molecule has 17 heavy (non-hydrogen) atoms. The zero-order valence-corrected chi connectivity index (χ0v) is 11.2. The van der Waals surface area contributed by atoms with E-state index in [9.17, 15) is 4.79 Å². The number of unbranched alkanes of at least 4 members (excludes halogenated alkanes) is 1. The topological polar surface area (TPSA) is 80.9 Å². The number of nitrogens with two attached hydrogens (primary N) is 1. The van der Waals surface area contributed by atoms with Gasteiger partial charge in [0.25, 0.3) is 5.91 Å². The molecular formula is C11H20N4OS. The highest BCUT2D eigenvalue weighted by atomic mass is 32.1. The van der Waals surface area contributed by atoms with Crippen LogP contribution in [0, 0.1) is 0 Å². The smallest absolute Gasteiger partial charge is 0.265 e. The van der Waals surface area contributed by atoms with Crippen LogP contribution in [0.25, 0.3) is 0 Å². The molecule has 1 atom stereocenters. The van der Waals surface area contributed by atoms with Crippen LogP contribution in [0.2, 0.25) is 0 Å². The van der Waals surface area contributed by atoms with Crippen LogP contribution in [-0.4, -0.2) is 28.1 Å². The van der Waals surface area contributed by atoms with Crippen molar-refractivity contribution in [2.45, 2.75) is 45.6 Å². The Labute approximate surface area is 106 Å². The number of carbonyl (C=O) groups excluding carboxylic acids is 1. The molecule has 3 N–H and O–H groups in total. The summed E-state index contributed by atoms with van der Waals surface area (Å²) >= 11 is 1.14. The quantitative estimate of drug-likeness (QED) is 0.771. The standard InChI is InChI=1S/C11H20N4OS/c1-3-5-6-8(7-12)13-11(16)10-9(4-2)14-15-17-10/h8H,3-7,12H2,1-2H3,(H,13,16). The Bertz CT molecular complexity index is 353. The van der Waals surface area contributed by atoms with E-state index in [1.54, 1.807) is 0 Å². The molecule has 0 fully saturated rings. The summed E-state index contributed by atoms with van der Waals surface area (Å²) in [5, 5.41) is 6.87. The van der Waals surface area contributed by atoms with Crippen molar-refractivity contribution in [1.29, 1.82) is 0 Å². The maximum absolute atomic E-state index is 12.0. The molecule has 1 aromatic rings. The molecule has 0 saturated carbocycles. The van der Waals surface area contributed by atoms with Gasteiger partial charge in [-0.3, -0.25) is 4.79 Å². The van der Waals surface area contributed by atoms with Crippen molar-refractivity contribution < 1.29 is 4.79 Å². The zero-order valence-electron chi connectivity index (χ0n) is 10.4. The van der Waals surface area contributed by atoms with Crippen molar-refractivity contribution in [2.75, 3.05) is 6.54 Å². The highest BCUT2D eigenvalue weighted by Gasteiger charge is 2.17. The number of aromatic nitrogens is 2. The van der Waals surface area contributed by atoms with Gasteiger partial charge >= 0.3 is 0 Å². The lowest BCUT2D eigenvalue weighted by Gasteiger charge is -2.15. The molecule has 0 aliphatic carbocycles. The van der Waals surface area contributed by atoms with E-state index in [4.69, 9.17) is 5.73 Å². The first kappa shape index (κ1) is 14.1. The van der Waals surface area contributed by atoms with Gasteiger partial charge in [0.2, 0.25) is 0 Å². The van der Waals surface area contributed by atoms with Crippen LogP contribution >= 0.6 is 11.5 Å². The molecule has 1 amide bonds. The van der Waals surface area contributed by atoms with Crippen molar-refractivity contribution in [3.63, 3.8) is 0 Å². The third-order valence-corrected chi connectivity index (χ3v) is 3.39. The average Bonchev–Trinajstić information content (AvgIpc) is 2.82. The number of carbonyl (C=O) groups is 1. The summed E-state index contributed by atoms with van der Waals surface area (Å²) in [6.07, 6.45) is 3.83. The normalized spacial score (nSPS) is 12.4. The van der Waals surface area contributed by atoms with E-state index in [-0.39, 0.29) is 11.9 Å². The van der Waals surface area contributed by atoms with Gasteiger partial charge in [0.15, 0.2) is 0 Å². The van der Waals surface area contributed by atoms with Crippen molar-refractivity contribution in [3.05, 3.63) is 10.6 Å². The van der Waals surface area contributed by atoms with Gasteiger partial charge in [-0.05, 0) is 24.4 Å². The Morgan fingerprint density at radius 2 is 2.29 bits per heavy atom. The molecule has 96 valence electrons. The lowest BCUT2D eigenvalue weighted by atomic mass is 10.1. The fourth-order valence-electron chi connectivity index (χ4n) is 1.56. The first-order chi connectivity index (χ1) is 8.22. The predicted octanol–water partition coefficient (Wildman–Crippen LogP) is 1.35. The Kier molecular flexibility index (Phi) is 6.07. The van der Waals surface area contributed by atoms with Gasteiger partial charge in [0.05, 0.1) is 5.69 Å². The number of rotatable bonds is 7. The fraction of sp³-hybridized carbons (Fsp3) is 0.727. The third kappa shape index (κ3) is 4.05. The SMILES string of the molecule is CCCCC(CN)NC(=O)c1snnc1CC. The zero-order chi connectivity index (χ0) is 12.7. The van der Waals surface area contributed by atoms with Gasteiger partial charge in [0, 0.05) is 12.6 Å². The molecule has 6 heteroatoms. The molecule has 0 aliphatic rings. The summed E-state index contributed by atoms with van der Waals surface area (Å²) < 4.78 is 3.81. The van der Waals surface area contributed by atoms with Crippen LogP contribution in [-0.2, 0) is 6.42 Å². The Morgan fingerprint density at radius 1 is 1.53 bits per heavy atom. The largest absolute Gasteiger partial charge is 0.347 e. The number of aryl methyl sites for hydroxylation is 1. The molecule has 0 saturated heterocycles. The van der Waals surface area contributed by atoms with Crippen molar-refractivity contribution in [3.8, 4) is 0 Å². The van der Waals surface area contributed by atoms with Crippen LogP contribution in [0.5, 0.6) is 0 Å². The minimum Gasteiger partial charge on any atom is -0.347 e. The maximum atomic E-state index is 12.0. The highest BCUT2D eigenvalue weighted by molar-refractivity contribution is 7.08. The Morgan fingerprint density at radius 3 is 2.88 bits per heavy atom. The number of nitrogens with one attached hydrogen (secondary N) is 1. The minimum atomic E-state index is -0.0941. The molecule has 1 aromatic heterocycles. The van der Waals surface area contributed by atoms with Crippen LogP contribution in [0.15, 0.2) is 0 Å². The van der Waals surface area contributed by atoms with Gasteiger partial charge in [-0.1, -0.05) is 31.2 Å². The number of hydrogen-bond acceptors (Lipinski definition) is 5. The van der Waals surface area contributed by atoms with Crippen LogP contribution in [0.4, 0.5) is 0 Å². The number of nitrogens with zero attached hydrogens (tertiary/aromatic N) is 2. The first-order valence-corrected chi connectivity index (χ1v) is 6.82. The summed E-state index contributed by atoms with van der Waals surface area (Å²) in [6.45, 7) is 4.56. The Hall–Kier alpha value is -1.01. The summed E-state index contributed by atoms with van der Waals surface area (Å²) in [7, 11) is 0. The molecule has 0 spiro atoms. The number of hydrogen-bond donors (Lipinski definition) is 2. The average molecular weight is 256 g/mol. The van der Waals surface area contributed by atoms with E-state index in [1.165, 1.54) is 0 Å². The second kappa shape index (κ2) is 7.34. The minimum absolute atomic E-state index is 0.0502. The number of amides is 1. The molecule has 5 nitrogen and oxygen atoms in total. The monoisotopic (exact) mass is 256 g/mol. The van der Waals surface area contributed by atoms with Crippen LogP contribution < -0.4 is 11.1 Å². The lowest BCUT2D eigenvalue weighted by Crippen LogP contribution is -2.40. The van der Waals surface area contributed by atoms with Crippen molar-refractivity contribution in [1.82, 2.24) is 14.9 Å². The molecule has 1 heterocycles.